The number of hydrogen-bond acceptors (Lipinski definition) is 7. The Labute approximate surface area is 117 Å². The lowest BCUT2D eigenvalue weighted by Gasteiger charge is -2.05. The third-order valence-corrected chi connectivity index (χ3v) is 3.46. The van der Waals surface area contributed by atoms with E-state index in [1.807, 2.05) is 6.07 Å². The second-order valence-corrected chi connectivity index (χ2v) is 4.62. The number of carbonyl (C=O) groups is 1. The minimum Gasteiger partial charge on any atom is -0.465 e. The first-order valence-corrected chi connectivity index (χ1v) is 6.45. The van der Waals surface area contributed by atoms with Gasteiger partial charge in [-0.25, -0.2) is 0 Å². The lowest BCUT2D eigenvalue weighted by atomic mass is 10.0. The second kappa shape index (κ2) is 5.63. The number of nitrogens with zero attached hydrogens (tertiary/aromatic N) is 3. The number of carbonyl (C=O) groups excluding carboxylic acids is 1. The summed E-state index contributed by atoms with van der Waals surface area (Å²) in [5, 5.41) is 20.3. The predicted octanol–water partition coefficient (Wildman–Crippen LogP) is 2.37. The van der Waals surface area contributed by atoms with Gasteiger partial charge in [0.25, 0.3) is 5.69 Å². The first-order valence-electron chi connectivity index (χ1n) is 5.68. The van der Waals surface area contributed by atoms with Gasteiger partial charge in [0.05, 0.1) is 28.0 Å². The highest BCUT2D eigenvalue weighted by Crippen LogP contribution is 2.31. The molecule has 2 aromatic rings. The van der Waals surface area contributed by atoms with Crippen LogP contribution in [-0.4, -0.2) is 21.9 Å². The van der Waals surface area contributed by atoms with E-state index in [-0.39, 0.29) is 18.0 Å². The van der Waals surface area contributed by atoms with Crippen LogP contribution in [0.2, 0.25) is 0 Å². The van der Waals surface area contributed by atoms with Gasteiger partial charge in [-0.2, -0.15) is 9.64 Å². The maximum absolute atomic E-state index is 11.7. The van der Waals surface area contributed by atoms with Crippen LogP contribution in [-0.2, 0) is 9.53 Å². The molecule has 0 saturated carbocycles. The van der Waals surface area contributed by atoms with Gasteiger partial charge < -0.3 is 4.74 Å². The Morgan fingerprint density at radius 2 is 2.40 bits per heavy atom. The molecule has 7 nitrogen and oxygen atoms in total. The smallest absolute Gasteiger partial charge is 0.329 e. The summed E-state index contributed by atoms with van der Waals surface area (Å²) in [6, 6.07) is 6.05. The Morgan fingerprint density at radius 1 is 1.65 bits per heavy atom. The molecule has 8 heteroatoms. The van der Waals surface area contributed by atoms with Gasteiger partial charge in [-0.3, -0.25) is 14.9 Å². The van der Waals surface area contributed by atoms with Crippen molar-refractivity contribution in [1.29, 1.82) is 5.26 Å². The van der Waals surface area contributed by atoms with Crippen LogP contribution in [0.15, 0.2) is 18.2 Å². The van der Waals surface area contributed by atoms with Crippen molar-refractivity contribution in [2.24, 2.45) is 0 Å². The van der Waals surface area contributed by atoms with E-state index in [9.17, 15) is 14.9 Å². The molecule has 2 rings (SSSR count). The van der Waals surface area contributed by atoms with Gasteiger partial charge in [0, 0.05) is 17.5 Å². The average molecular weight is 291 g/mol. The van der Waals surface area contributed by atoms with Crippen molar-refractivity contribution in [1.82, 2.24) is 4.37 Å². The molecule has 0 aliphatic rings. The molecule has 1 aromatic carbocycles. The molecule has 1 unspecified atom stereocenters. The van der Waals surface area contributed by atoms with E-state index in [0.29, 0.717) is 10.1 Å². The number of non-ortho nitro benzene ring substituents is 1. The average Bonchev–Trinajstić information content (AvgIpc) is 2.83. The Kier molecular flexibility index (Phi) is 3.91. The van der Waals surface area contributed by atoms with Crippen LogP contribution < -0.4 is 0 Å². The van der Waals surface area contributed by atoms with Crippen LogP contribution in [0, 0.1) is 21.4 Å². The lowest BCUT2D eigenvalue weighted by molar-refractivity contribution is -0.384. The van der Waals surface area contributed by atoms with Crippen molar-refractivity contribution in [3.63, 3.8) is 0 Å². The summed E-state index contributed by atoms with van der Waals surface area (Å²) in [7, 11) is 0. The topological polar surface area (TPSA) is 106 Å². The van der Waals surface area contributed by atoms with Crippen LogP contribution in [0.25, 0.3) is 10.1 Å². The number of nitriles is 1. The minimum absolute atomic E-state index is 0.112. The fraction of sp³-hybridized carbons (Fsp3) is 0.250. The largest absolute Gasteiger partial charge is 0.465 e. The number of nitro benzene ring substituents is 1. The van der Waals surface area contributed by atoms with Crippen LogP contribution in [0.3, 0.4) is 0 Å². The zero-order chi connectivity index (χ0) is 14.7. The summed E-state index contributed by atoms with van der Waals surface area (Å²) in [6.45, 7) is 1.79. The van der Waals surface area contributed by atoms with E-state index in [1.54, 1.807) is 13.0 Å². The summed E-state index contributed by atoms with van der Waals surface area (Å²) in [5.74, 6) is -1.88. The van der Waals surface area contributed by atoms with Crippen molar-refractivity contribution < 1.29 is 14.5 Å². The molecule has 0 saturated heterocycles. The summed E-state index contributed by atoms with van der Waals surface area (Å²) in [4.78, 5) is 22.0. The van der Waals surface area contributed by atoms with Crippen LogP contribution in [0.1, 0.15) is 18.5 Å². The van der Waals surface area contributed by atoms with Gasteiger partial charge in [0.15, 0.2) is 5.92 Å². The minimum atomic E-state index is -1.18. The van der Waals surface area contributed by atoms with Crippen molar-refractivity contribution in [2.45, 2.75) is 12.8 Å². The SMILES string of the molecule is CCOC(=O)C(C#N)c1nsc2ccc([N+](=O)[O-])cc12. The van der Waals surface area contributed by atoms with Gasteiger partial charge in [-0.15, -0.1) is 0 Å². The van der Waals surface area contributed by atoms with E-state index in [1.165, 1.54) is 12.1 Å². The number of nitro groups is 1. The number of hydrogen-bond donors (Lipinski definition) is 0. The predicted molar refractivity (Wildman–Crippen MR) is 71.3 cm³/mol. The van der Waals surface area contributed by atoms with E-state index >= 15 is 0 Å². The van der Waals surface area contributed by atoms with Gasteiger partial charge >= 0.3 is 5.97 Å². The molecule has 102 valence electrons. The highest BCUT2D eigenvalue weighted by molar-refractivity contribution is 7.13. The normalized spacial score (nSPS) is 11.8. The molecule has 0 N–H and O–H groups in total. The number of aromatic nitrogens is 1. The van der Waals surface area contributed by atoms with Crippen LogP contribution >= 0.6 is 11.5 Å². The van der Waals surface area contributed by atoms with Crippen LogP contribution in [0.5, 0.6) is 0 Å². The summed E-state index contributed by atoms with van der Waals surface area (Å²) in [5.41, 5.74) is 0.0918. The van der Waals surface area contributed by atoms with Crippen molar-refractivity contribution in [2.75, 3.05) is 6.61 Å². The zero-order valence-corrected chi connectivity index (χ0v) is 11.2. The van der Waals surface area contributed by atoms with Gasteiger partial charge in [-0.1, -0.05) is 0 Å². The second-order valence-electron chi connectivity index (χ2n) is 3.82. The molecular formula is C12H9N3O4S. The van der Waals surface area contributed by atoms with E-state index in [4.69, 9.17) is 10.00 Å². The van der Waals surface area contributed by atoms with E-state index in [0.717, 1.165) is 11.5 Å². The fourth-order valence-electron chi connectivity index (χ4n) is 1.72. The van der Waals surface area contributed by atoms with Gasteiger partial charge in [0.1, 0.15) is 0 Å². The molecule has 0 aliphatic carbocycles. The van der Waals surface area contributed by atoms with Gasteiger partial charge in [0.2, 0.25) is 0 Å². The molecule has 0 bridgehead atoms. The summed E-state index contributed by atoms with van der Waals surface area (Å²) < 4.78 is 9.56. The maximum Gasteiger partial charge on any atom is 0.329 e. The van der Waals surface area contributed by atoms with Gasteiger partial charge in [-0.05, 0) is 24.5 Å². The number of rotatable bonds is 4. The van der Waals surface area contributed by atoms with E-state index < -0.39 is 16.8 Å². The highest BCUT2D eigenvalue weighted by atomic mass is 32.1. The summed E-state index contributed by atoms with van der Waals surface area (Å²) in [6.07, 6.45) is 0. The molecule has 1 heterocycles. The monoisotopic (exact) mass is 291 g/mol. The summed E-state index contributed by atoms with van der Waals surface area (Å²) >= 11 is 1.08. The van der Waals surface area contributed by atoms with Crippen molar-refractivity contribution >= 4 is 33.3 Å². The molecule has 0 amide bonds. The zero-order valence-electron chi connectivity index (χ0n) is 10.4. The quantitative estimate of drug-likeness (QED) is 0.486. The molecule has 0 fully saturated rings. The van der Waals surface area contributed by atoms with E-state index in [2.05, 4.69) is 4.37 Å². The van der Waals surface area contributed by atoms with Crippen molar-refractivity contribution in [3.8, 4) is 6.07 Å². The molecule has 1 aromatic heterocycles. The Morgan fingerprint density at radius 3 is 3.00 bits per heavy atom. The molecule has 20 heavy (non-hydrogen) atoms. The number of ether oxygens (including phenoxy) is 1. The first-order chi connectivity index (χ1) is 9.58. The third-order valence-electron chi connectivity index (χ3n) is 2.62. The Bertz CT molecular complexity index is 719. The third kappa shape index (κ3) is 2.44. The highest BCUT2D eigenvalue weighted by Gasteiger charge is 2.27. The Hall–Kier alpha value is -2.53. The molecule has 0 radical (unpaired) electrons. The molecular weight excluding hydrogens is 282 g/mol. The first kappa shape index (κ1) is 13.9. The number of benzene rings is 1. The lowest BCUT2D eigenvalue weighted by Crippen LogP contribution is -2.14. The standard InChI is InChI=1S/C12H9N3O4S/c1-2-19-12(16)9(6-13)11-8-5-7(15(17)18)3-4-10(8)20-14-11/h3-5,9H,2H2,1H3. The van der Waals surface area contributed by atoms with Crippen molar-refractivity contribution in [3.05, 3.63) is 34.0 Å². The maximum atomic E-state index is 11.7. The van der Waals surface area contributed by atoms with Crippen LogP contribution in [0.4, 0.5) is 5.69 Å². The number of fused-ring (bicyclic) bond motifs is 1. The molecule has 1 atom stereocenters. The fourth-order valence-corrected chi connectivity index (χ4v) is 2.51. The Balaban J connectivity index is 2.53. The molecule has 0 aliphatic heterocycles. The number of esters is 1. The molecule has 0 spiro atoms.